The maximum absolute atomic E-state index is 12.2. The molecule has 7 heteroatoms. The van der Waals surface area contributed by atoms with E-state index < -0.39 is 0 Å². The number of hydrogen-bond acceptors (Lipinski definition) is 6. The van der Waals surface area contributed by atoms with Gasteiger partial charge in [-0.3, -0.25) is 4.79 Å². The van der Waals surface area contributed by atoms with Gasteiger partial charge in [-0.1, -0.05) is 0 Å². The predicted octanol–water partition coefficient (Wildman–Crippen LogP) is 0.280. The van der Waals surface area contributed by atoms with Gasteiger partial charge in [0.25, 0.3) is 0 Å². The summed E-state index contributed by atoms with van der Waals surface area (Å²) in [6.45, 7) is 1.94. The number of methoxy groups -OCH3 is 1. The van der Waals surface area contributed by atoms with Crippen LogP contribution in [0.15, 0.2) is 18.3 Å². The third-order valence-electron chi connectivity index (χ3n) is 3.33. The molecule has 1 aromatic heterocycles. The molecule has 2 atom stereocenters. The van der Waals surface area contributed by atoms with Gasteiger partial charge in [-0.15, -0.1) is 0 Å². The second-order valence-electron chi connectivity index (χ2n) is 4.75. The van der Waals surface area contributed by atoms with E-state index in [2.05, 4.69) is 15.6 Å². The number of nitrogens with zero attached hydrogens (tertiary/aromatic N) is 1. The van der Waals surface area contributed by atoms with Crippen molar-refractivity contribution in [2.45, 2.75) is 6.04 Å². The van der Waals surface area contributed by atoms with E-state index in [0.29, 0.717) is 38.0 Å². The van der Waals surface area contributed by atoms with Gasteiger partial charge in [-0.2, -0.15) is 0 Å². The summed E-state index contributed by atoms with van der Waals surface area (Å²) in [6.07, 6.45) is 1.57. The highest BCUT2D eigenvalue weighted by molar-refractivity contribution is 5.93. The first-order valence-corrected chi connectivity index (χ1v) is 6.88. The Hall–Kier alpha value is -1.70. The van der Waals surface area contributed by atoms with Gasteiger partial charge in [0.05, 0.1) is 37.6 Å². The maximum atomic E-state index is 12.2. The number of rotatable bonds is 7. The number of carbonyl (C=O) groups is 1. The van der Waals surface area contributed by atoms with Crippen LogP contribution in [0.25, 0.3) is 0 Å². The number of pyridine rings is 1. The molecule has 21 heavy (non-hydrogen) atoms. The third kappa shape index (κ3) is 4.38. The number of amides is 1. The number of aromatic nitrogens is 1. The van der Waals surface area contributed by atoms with Gasteiger partial charge < -0.3 is 24.8 Å². The Morgan fingerprint density at radius 3 is 2.95 bits per heavy atom. The van der Waals surface area contributed by atoms with Crippen LogP contribution in [0.3, 0.4) is 0 Å². The Bertz CT molecular complexity index is 452. The largest absolute Gasteiger partial charge is 0.475 e. The summed E-state index contributed by atoms with van der Waals surface area (Å²) in [6, 6.07) is 3.53. The van der Waals surface area contributed by atoms with E-state index in [-0.39, 0.29) is 17.9 Å². The quantitative estimate of drug-likeness (QED) is 0.703. The van der Waals surface area contributed by atoms with Gasteiger partial charge >= 0.3 is 0 Å². The van der Waals surface area contributed by atoms with E-state index in [9.17, 15) is 4.79 Å². The van der Waals surface area contributed by atoms with E-state index in [1.165, 1.54) is 0 Å². The molecular weight excluding hydrogens is 274 g/mol. The molecule has 2 heterocycles. The second kappa shape index (κ2) is 7.92. The molecule has 7 nitrogen and oxygen atoms in total. The molecule has 1 saturated heterocycles. The van der Waals surface area contributed by atoms with Crippen molar-refractivity contribution in [3.63, 3.8) is 0 Å². The number of likely N-dealkylation sites (N-methyl/N-ethyl adjacent to an activating group) is 1. The zero-order valence-corrected chi connectivity index (χ0v) is 12.3. The molecule has 2 unspecified atom stereocenters. The molecule has 0 spiro atoms. The fourth-order valence-electron chi connectivity index (χ4n) is 2.10. The monoisotopic (exact) mass is 295 g/mol. The molecule has 1 aliphatic rings. The minimum absolute atomic E-state index is 0.0506. The lowest BCUT2D eigenvalue weighted by molar-refractivity contribution is -0.120. The van der Waals surface area contributed by atoms with Crippen LogP contribution in [0.1, 0.15) is 0 Å². The summed E-state index contributed by atoms with van der Waals surface area (Å²) in [5.41, 5.74) is 0.640. The molecule has 0 saturated carbocycles. The van der Waals surface area contributed by atoms with Crippen molar-refractivity contribution in [1.29, 1.82) is 0 Å². The molecule has 116 valence electrons. The minimum atomic E-state index is -0.187. The molecule has 0 radical (unpaired) electrons. The van der Waals surface area contributed by atoms with Gasteiger partial charge in [0.2, 0.25) is 11.8 Å². The first kappa shape index (κ1) is 15.7. The van der Waals surface area contributed by atoms with Crippen LogP contribution < -0.4 is 15.4 Å². The number of hydrogen-bond donors (Lipinski definition) is 2. The molecule has 1 fully saturated rings. The number of carbonyl (C=O) groups excluding carboxylic acids is 1. The highest BCUT2D eigenvalue weighted by atomic mass is 16.5. The molecule has 2 rings (SSSR count). The Balaban J connectivity index is 1.86. The first-order chi connectivity index (χ1) is 10.2. The van der Waals surface area contributed by atoms with Crippen LogP contribution in [0.2, 0.25) is 0 Å². The molecule has 0 bridgehead atoms. The van der Waals surface area contributed by atoms with Crippen molar-refractivity contribution in [1.82, 2.24) is 10.3 Å². The van der Waals surface area contributed by atoms with Crippen molar-refractivity contribution < 1.29 is 19.0 Å². The maximum Gasteiger partial charge on any atom is 0.231 e. The van der Waals surface area contributed by atoms with Gasteiger partial charge in [-0.05, 0) is 13.1 Å². The SMILES string of the molecule is CNC1COCC1C(=O)Nc1ccc(OCCOC)nc1. The van der Waals surface area contributed by atoms with Gasteiger partial charge in [0, 0.05) is 19.2 Å². The van der Waals surface area contributed by atoms with Gasteiger partial charge in [-0.25, -0.2) is 4.98 Å². The van der Waals surface area contributed by atoms with Crippen molar-refractivity contribution in [3.8, 4) is 5.88 Å². The Morgan fingerprint density at radius 1 is 1.43 bits per heavy atom. The lowest BCUT2D eigenvalue weighted by Gasteiger charge is -2.16. The van der Waals surface area contributed by atoms with Crippen molar-refractivity contribution >= 4 is 11.6 Å². The zero-order valence-electron chi connectivity index (χ0n) is 12.3. The lowest BCUT2D eigenvalue weighted by atomic mass is 10.0. The molecule has 1 aromatic rings. The van der Waals surface area contributed by atoms with Gasteiger partial charge in [0.1, 0.15) is 6.61 Å². The second-order valence-corrected chi connectivity index (χ2v) is 4.75. The topological polar surface area (TPSA) is 81.7 Å². The van der Waals surface area contributed by atoms with Crippen molar-refractivity contribution in [2.24, 2.45) is 5.92 Å². The zero-order chi connectivity index (χ0) is 15.1. The number of anilines is 1. The Morgan fingerprint density at radius 2 is 2.29 bits per heavy atom. The fraction of sp³-hybridized carbons (Fsp3) is 0.571. The summed E-state index contributed by atoms with van der Waals surface area (Å²) < 4.78 is 15.6. The van der Waals surface area contributed by atoms with Crippen LogP contribution in [-0.2, 0) is 14.3 Å². The van der Waals surface area contributed by atoms with Crippen molar-refractivity contribution in [3.05, 3.63) is 18.3 Å². The summed E-state index contributed by atoms with van der Waals surface area (Å²) in [4.78, 5) is 16.3. The molecule has 1 amide bonds. The Labute approximate surface area is 124 Å². The average Bonchev–Trinajstić information content (AvgIpc) is 2.98. The van der Waals surface area contributed by atoms with E-state index in [4.69, 9.17) is 14.2 Å². The molecule has 2 N–H and O–H groups in total. The third-order valence-corrected chi connectivity index (χ3v) is 3.33. The smallest absolute Gasteiger partial charge is 0.231 e. The summed E-state index contributed by atoms with van der Waals surface area (Å²) in [7, 11) is 3.44. The summed E-state index contributed by atoms with van der Waals surface area (Å²) in [5, 5.41) is 5.93. The first-order valence-electron chi connectivity index (χ1n) is 6.88. The van der Waals surface area contributed by atoms with Crippen LogP contribution in [0.5, 0.6) is 5.88 Å². The van der Waals surface area contributed by atoms with E-state index in [1.54, 1.807) is 25.4 Å². The standard InChI is InChI=1S/C14H21N3O4/c1-15-12-9-20-8-11(12)14(18)17-10-3-4-13(16-7-10)21-6-5-19-2/h3-4,7,11-12,15H,5-6,8-9H2,1-2H3,(H,17,18). The summed E-state index contributed by atoms with van der Waals surface area (Å²) >= 11 is 0. The number of nitrogens with one attached hydrogen (secondary N) is 2. The van der Waals surface area contributed by atoms with E-state index >= 15 is 0 Å². The van der Waals surface area contributed by atoms with E-state index in [1.807, 2.05) is 7.05 Å². The Kier molecular flexibility index (Phi) is 5.91. The van der Waals surface area contributed by atoms with Crippen LogP contribution in [-0.4, -0.2) is 57.5 Å². The van der Waals surface area contributed by atoms with E-state index in [0.717, 1.165) is 0 Å². The van der Waals surface area contributed by atoms with Crippen LogP contribution >= 0.6 is 0 Å². The molecule has 0 aliphatic carbocycles. The summed E-state index contributed by atoms with van der Waals surface area (Å²) in [5.74, 6) is 0.247. The minimum Gasteiger partial charge on any atom is -0.475 e. The molecular formula is C14H21N3O4. The van der Waals surface area contributed by atoms with Gasteiger partial charge in [0.15, 0.2) is 0 Å². The van der Waals surface area contributed by atoms with Crippen LogP contribution in [0.4, 0.5) is 5.69 Å². The highest BCUT2D eigenvalue weighted by Crippen LogP contribution is 2.17. The predicted molar refractivity (Wildman–Crippen MR) is 77.4 cm³/mol. The average molecular weight is 295 g/mol. The normalized spacial score (nSPS) is 21.2. The molecule has 1 aliphatic heterocycles. The molecule has 0 aromatic carbocycles. The fourth-order valence-corrected chi connectivity index (χ4v) is 2.10. The van der Waals surface area contributed by atoms with Crippen molar-refractivity contribution in [2.75, 3.05) is 45.9 Å². The van der Waals surface area contributed by atoms with Crippen LogP contribution in [0, 0.1) is 5.92 Å². The lowest BCUT2D eigenvalue weighted by Crippen LogP contribution is -2.39. The highest BCUT2D eigenvalue weighted by Gasteiger charge is 2.32. The number of ether oxygens (including phenoxy) is 3.